The molecule has 8 heteroatoms. The number of aromatic nitrogens is 3. The lowest BCUT2D eigenvalue weighted by molar-refractivity contribution is 0.0784. The Morgan fingerprint density at radius 1 is 1.27 bits per heavy atom. The van der Waals surface area contributed by atoms with Gasteiger partial charge in [-0.15, -0.1) is 0 Å². The van der Waals surface area contributed by atoms with E-state index in [1.807, 2.05) is 0 Å². The lowest BCUT2D eigenvalue weighted by Gasteiger charge is -2.30. The van der Waals surface area contributed by atoms with Gasteiger partial charge in [0.1, 0.15) is 11.2 Å². The van der Waals surface area contributed by atoms with Gasteiger partial charge in [0.2, 0.25) is 15.9 Å². The van der Waals surface area contributed by atoms with Crippen molar-refractivity contribution in [1.82, 2.24) is 18.8 Å². The molecule has 7 nitrogen and oxygen atoms in total. The standard InChI is InChI=1S/C14H16N4O3S/c19-14(17-8-6-16-11-17)12-3-2-7-18(10-12)22(20,21)13-4-1-5-15-9-13/h1,4-6,8-9,11-12H,2-3,7,10H2. The predicted octanol–water partition coefficient (Wildman–Crippen LogP) is 1.02. The molecule has 0 radical (unpaired) electrons. The molecule has 0 bridgehead atoms. The highest BCUT2D eigenvalue weighted by Gasteiger charge is 2.33. The molecule has 0 amide bonds. The Bertz CT molecular complexity index is 744. The van der Waals surface area contributed by atoms with Gasteiger partial charge in [-0.2, -0.15) is 4.31 Å². The number of rotatable bonds is 3. The van der Waals surface area contributed by atoms with E-state index in [4.69, 9.17) is 0 Å². The average Bonchev–Trinajstić information content (AvgIpc) is 3.09. The minimum atomic E-state index is -3.60. The van der Waals surface area contributed by atoms with Gasteiger partial charge in [0.15, 0.2) is 0 Å². The van der Waals surface area contributed by atoms with Gasteiger partial charge in [0.25, 0.3) is 0 Å². The molecule has 1 atom stereocenters. The van der Waals surface area contributed by atoms with Crippen LogP contribution in [0.25, 0.3) is 0 Å². The smallest absolute Gasteiger partial charge is 0.244 e. The second-order valence-electron chi connectivity index (χ2n) is 5.20. The maximum Gasteiger partial charge on any atom is 0.244 e. The van der Waals surface area contributed by atoms with E-state index in [2.05, 4.69) is 9.97 Å². The molecule has 1 saturated heterocycles. The summed E-state index contributed by atoms with van der Waals surface area (Å²) in [5.41, 5.74) is 0. The number of hydrogen-bond acceptors (Lipinski definition) is 5. The molecule has 2 aromatic rings. The minimum Gasteiger partial charge on any atom is -0.276 e. The number of hydrogen-bond donors (Lipinski definition) is 0. The van der Waals surface area contributed by atoms with Crippen LogP contribution in [0, 0.1) is 5.92 Å². The largest absolute Gasteiger partial charge is 0.276 e. The van der Waals surface area contributed by atoms with Crippen LogP contribution in [-0.4, -0.2) is 46.3 Å². The van der Waals surface area contributed by atoms with Crippen molar-refractivity contribution >= 4 is 15.9 Å². The van der Waals surface area contributed by atoms with Gasteiger partial charge in [-0.05, 0) is 25.0 Å². The van der Waals surface area contributed by atoms with Crippen LogP contribution >= 0.6 is 0 Å². The number of pyridine rings is 1. The summed E-state index contributed by atoms with van der Waals surface area (Å²) in [5, 5.41) is 0. The first-order chi connectivity index (χ1) is 10.6. The first-order valence-corrected chi connectivity index (χ1v) is 8.45. The quantitative estimate of drug-likeness (QED) is 0.843. The van der Waals surface area contributed by atoms with Gasteiger partial charge in [0, 0.05) is 37.9 Å². The SMILES string of the molecule is O=C(C1CCCN(S(=O)(=O)c2cccnc2)C1)n1ccnc1. The summed E-state index contributed by atoms with van der Waals surface area (Å²) >= 11 is 0. The zero-order valence-corrected chi connectivity index (χ0v) is 12.7. The van der Waals surface area contributed by atoms with E-state index in [9.17, 15) is 13.2 Å². The Balaban J connectivity index is 1.80. The van der Waals surface area contributed by atoms with Crippen LogP contribution in [0.3, 0.4) is 0 Å². The molecule has 1 fully saturated rings. The van der Waals surface area contributed by atoms with Crippen molar-refractivity contribution in [3.8, 4) is 0 Å². The van der Waals surface area contributed by atoms with Gasteiger partial charge < -0.3 is 0 Å². The van der Waals surface area contributed by atoms with Gasteiger partial charge in [-0.3, -0.25) is 14.3 Å². The number of piperidine rings is 1. The second-order valence-corrected chi connectivity index (χ2v) is 7.14. The Kier molecular flexibility index (Phi) is 4.04. The van der Waals surface area contributed by atoms with Crippen molar-refractivity contribution in [3.05, 3.63) is 43.2 Å². The Morgan fingerprint density at radius 3 is 2.82 bits per heavy atom. The van der Waals surface area contributed by atoms with Crippen molar-refractivity contribution in [2.24, 2.45) is 5.92 Å². The first-order valence-electron chi connectivity index (χ1n) is 7.01. The summed E-state index contributed by atoms with van der Waals surface area (Å²) in [7, 11) is -3.60. The average molecular weight is 320 g/mol. The highest BCUT2D eigenvalue weighted by atomic mass is 32.2. The predicted molar refractivity (Wildman–Crippen MR) is 78.6 cm³/mol. The molecule has 3 rings (SSSR count). The molecule has 1 aliphatic heterocycles. The molecule has 0 aliphatic carbocycles. The van der Waals surface area contributed by atoms with Crippen LogP contribution in [0.5, 0.6) is 0 Å². The summed E-state index contributed by atoms with van der Waals surface area (Å²) in [5.74, 6) is -0.474. The zero-order valence-electron chi connectivity index (χ0n) is 11.9. The fourth-order valence-electron chi connectivity index (χ4n) is 2.61. The maximum absolute atomic E-state index is 12.6. The number of nitrogens with zero attached hydrogens (tertiary/aromatic N) is 4. The van der Waals surface area contributed by atoms with Gasteiger partial charge in [-0.25, -0.2) is 13.4 Å². The molecule has 0 spiro atoms. The van der Waals surface area contributed by atoms with Crippen molar-refractivity contribution in [1.29, 1.82) is 0 Å². The third-order valence-electron chi connectivity index (χ3n) is 3.76. The van der Waals surface area contributed by atoms with Gasteiger partial charge >= 0.3 is 0 Å². The molecule has 22 heavy (non-hydrogen) atoms. The van der Waals surface area contributed by atoms with Crippen LogP contribution < -0.4 is 0 Å². The van der Waals surface area contributed by atoms with Crippen molar-refractivity contribution in [2.75, 3.05) is 13.1 Å². The Morgan fingerprint density at radius 2 is 2.14 bits per heavy atom. The van der Waals surface area contributed by atoms with E-state index in [0.29, 0.717) is 19.4 Å². The van der Waals surface area contributed by atoms with E-state index in [0.717, 1.165) is 0 Å². The molecule has 0 aromatic carbocycles. The van der Waals surface area contributed by atoms with Crippen molar-refractivity contribution in [3.63, 3.8) is 0 Å². The molecule has 1 aliphatic rings. The molecular formula is C14H16N4O3S. The highest BCUT2D eigenvalue weighted by molar-refractivity contribution is 7.89. The Hall–Kier alpha value is -2.06. The molecule has 2 aromatic heterocycles. The summed E-state index contributed by atoms with van der Waals surface area (Å²) in [6.07, 6.45) is 8.75. The zero-order chi connectivity index (χ0) is 15.6. The monoisotopic (exact) mass is 320 g/mol. The maximum atomic E-state index is 12.6. The molecule has 0 saturated carbocycles. The summed E-state index contributed by atoms with van der Waals surface area (Å²) < 4.78 is 28.0. The van der Waals surface area contributed by atoms with E-state index >= 15 is 0 Å². The molecular weight excluding hydrogens is 304 g/mol. The van der Waals surface area contributed by atoms with E-state index < -0.39 is 10.0 Å². The fraction of sp³-hybridized carbons (Fsp3) is 0.357. The molecule has 3 heterocycles. The van der Waals surface area contributed by atoms with Gasteiger partial charge in [-0.1, -0.05) is 0 Å². The second kappa shape index (κ2) is 5.98. The van der Waals surface area contributed by atoms with E-state index in [-0.39, 0.29) is 23.3 Å². The number of sulfonamides is 1. The summed E-state index contributed by atoms with van der Waals surface area (Å²) in [6, 6.07) is 3.11. The molecule has 116 valence electrons. The van der Waals surface area contributed by atoms with Crippen LogP contribution in [0.15, 0.2) is 48.1 Å². The lowest BCUT2D eigenvalue weighted by atomic mass is 9.99. The van der Waals surface area contributed by atoms with Crippen molar-refractivity contribution < 1.29 is 13.2 Å². The summed E-state index contributed by atoms with van der Waals surface area (Å²) in [6.45, 7) is 0.610. The van der Waals surface area contributed by atoms with Crippen LogP contribution in [0.4, 0.5) is 0 Å². The molecule has 1 unspecified atom stereocenters. The third-order valence-corrected chi connectivity index (χ3v) is 5.61. The van der Waals surface area contributed by atoms with Crippen LogP contribution in [0.2, 0.25) is 0 Å². The van der Waals surface area contributed by atoms with E-state index in [1.165, 1.54) is 39.9 Å². The van der Waals surface area contributed by atoms with Gasteiger partial charge in [0.05, 0.1) is 5.92 Å². The van der Waals surface area contributed by atoms with Crippen LogP contribution in [0.1, 0.15) is 17.6 Å². The third kappa shape index (κ3) is 2.79. The first kappa shape index (κ1) is 14.9. The normalized spacial score (nSPS) is 19.9. The topological polar surface area (TPSA) is 85.2 Å². The highest BCUT2D eigenvalue weighted by Crippen LogP contribution is 2.24. The fourth-order valence-corrected chi connectivity index (χ4v) is 4.10. The summed E-state index contributed by atoms with van der Waals surface area (Å²) in [4.78, 5) is 20.2. The number of imidazole rings is 1. The number of carbonyl (C=O) groups is 1. The van der Waals surface area contributed by atoms with Crippen molar-refractivity contribution in [2.45, 2.75) is 17.7 Å². The van der Waals surface area contributed by atoms with Crippen LogP contribution in [-0.2, 0) is 10.0 Å². The van der Waals surface area contributed by atoms with E-state index in [1.54, 1.807) is 12.3 Å². The minimum absolute atomic E-state index is 0.122. The number of carbonyl (C=O) groups excluding carboxylic acids is 1. The lowest BCUT2D eigenvalue weighted by Crippen LogP contribution is -2.43. The Labute approximate surface area is 128 Å². The molecule has 0 N–H and O–H groups in total.